The van der Waals surface area contributed by atoms with E-state index in [1.807, 2.05) is 72.8 Å². The molecule has 4 aromatic carbocycles. The SMILES string of the molecule is COc1ccc2nc3cc(Cl)ccc3c(NCCCCN(CCCNc3c4ccc(Cl)cc4nc4ccc(OC)cc34)C(=O)C3CCCC3)c2c1. The molecule has 10 heteroatoms. The molecule has 0 atom stereocenters. The number of amides is 1. The fourth-order valence-electron chi connectivity index (χ4n) is 7.32. The van der Waals surface area contributed by atoms with Crippen molar-refractivity contribution in [1.29, 1.82) is 0 Å². The van der Waals surface area contributed by atoms with E-state index >= 15 is 0 Å². The van der Waals surface area contributed by atoms with Crippen LogP contribution in [0.1, 0.15) is 44.9 Å². The van der Waals surface area contributed by atoms with Crippen molar-refractivity contribution >= 4 is 84.1 Å². The van der Waals surface area contributed by atoms with Crippen molar-refractivity contribution in [3.8, 4) is 11.5 Å². The van der Waals surface area contributed by atoms with Gasteiger partial charge in [0, 0.05) is 63.7 Å². The van der Waals surface area contributed by atoms with Crippen LogP contribution in [0.4, 0.5) is 11.4 Å². The van der Waals surface area contributed by atoms with E-state index in [2.05, 4.69) is 15.5 Å². The number of fused-ring (bicyclic) bond motifs is 4. The number of aromatic nitrogens is 2. The third-order valence-corrected chi connectivity index (χ3v) is 10.4. The second-order valence-electron chi connectivity index (χ2n) is 13.3. The maximum Gasteiger partial charge on any atom is 0.225 e. The van der Waals surface area contributed by atoms with Crippen LogP contribution in [-0.2, 0) is 4.79 Å². The molecule has 0 aliphatic heterocycles. The highest BCUT2D eigenvalue weighted by atomic mass is 35.5. The summed E-state index contributed by atoms with van der Waals surface area (Å²) < 4.78 is 11.1. The van der Waals surface area contributed by atoms with Crippen LogP contribution in [0.15, 0.2) is 72.8 Å². The zero-order chi connectivity index (χ0) is 35.3. The molecule has 1 amide bonds. The van der Waals surface area contributed by atoms with Gasteiger partial charge in [-0.3, -0.25) is 4.79 Å². The van der Waals surface area contributed by atoms with E-state index in [0.717, 1.165) is 125 Å². The van der Waals surface area contributed by atoms with E-state index in [1.54, 1.807) is 14.2 Å². The monoisotopic (exact) mass is 723 g/mol. The zero-order valence-electron chi connectivity index (χ0n) is 29.1. The normalized spacial score (nSPS) is 13.3. The molecule has 0 bridgehead atoms. The van der Waals surface area contributed by atoms with Gasteiger partial charge in [0.05, 0.1) is 47.7 Å². The Morgan fingerprint density at radius 2 is 1.18 bits per heavy atom. The van der Waals surface area contributed by atoms with Gasteiger partial charge < -0.3 is 25.0 Å². The van der Waals surface area contributed by atoms with E-state index in [9.17, 15) is 4.79 Å². The van der Waals surface area contributed by atoms with Gasteiger partial charge in [0.15, 0.2) is 0 Å². The molecule has 0 unspecified atom stereocenters. The van der Waals surface area contributed by atoms with Crippen LogP contribution in [0, 0.1) is 5.92 Å². The van der Waals surface area contributed by atoms with Gasteiger partial charge in [0.1, 0.15) is 11.5 Å². The number of nitrogens with one attached hydrogen (secondary N) is 2. The number of unbranched alkanes of at least 4 members (excludes halogenated alkanes) is 1. The molecule has 51 heavy (non-hydrogen) atoms. The quantitative estimate of drug-likeness (QED) is 0.0854. The minimum atomic E-state index is 0.137. The highest BCUT2D eigenvalue weighted by Crippen LogP contribution is 2.36. The summed E-state index contributed by atoms with van der Waals surface area (Å²) in [4.78, 5) is 25.6. The van der Waals surface area contributed by atoms with Gasteiger partial charge in [0.2, 0.25) is 5.91 Å². The van der Waals surface area contributed by atoms with Crippen molar-refractivity contribution in [1.82, 2.24) is 14.9 Å². The van der Waals surface area contributed by atoms with Gasteiger partial charge in [-0.05, 0) is 105 Å². The lowest BCUT2D eigenvalue weighted by atomic mass is 10.1. The number of hydrogen-bond donors (Lipinski definition) is 2. The Labute approximate surface area is 308 Å². The third kappa shape index (κ3) is 7.72. The van der Waals surface area contributed by atoms with Crippen LogP contribution in [0.25, 0.3) is 43.6 Å². The van der Waals surface area contributed by atoms with Gasteiger partial charge in [0.25, 0.3) is 0 Å². The maximum atomic E-state index is 13.8. The third-order valence-electron chi connectivity index (χ3n) is 9.97. The smallest absolute Gasteiger partial charge is 0.225 e. The van der Waals surface area contributed by atoms with Crippen LogP contribution < -0.4 is 20.1 Å². The van der Waals surface area contributed by atoms with Crippen LogP contribution in [0.3, 0.4) is 0 Å². The number of carbonyl (C=O) groups is 1. The van der Waals surface area contributed by atoms with E-state index in [-0.39, 0.29) is 5.92 Å². The fourth-order valence-corrected chi connectivity index (χ4v) is 7.65. The molecule has 0 saturated heterocycles. The van der Waals surface area contributed by atoms with Crippen LogP contribution in [0.5, 0.6) is 11.5 Å². The molecule has 6 aromatic rings. The molecule has 2 aromatic heterocycles. The maximum absolute atomic E-state index is 13.8. The molecule has 8 nitrogen and oxygen atoms in total. The first kappa shape index (κ1) is 34.9. The number of benzene rings is 4. The summed E-state index contributed by atoms with van der Waals surface area (Å²) in [6.07, 6.45) is 6.88. The van der Waals surface area contributed by atoms with Gasteiger partial charge in [-0.15, -0.1) is 0 Å². The molecule has 0 radical (unpaired) electrons. The first-order valence-corrected chi connectivity index (χ1v) is 18.6. The average molecular weight is 725 g/mol. The Balaban J connectivity index is 1.02. The zero-order valence-corrected chi connectivity index (χ0v) is 30.6. The summed E-state index contributed by atoms with van der Waals surface area (Å²) in [5.74, 6) is 2.00. The summed E-state index contributed by atoms with van der Waals surface area (Å²) in [7, 11) is 3.35. The largest absolute Gasteiger partial charge is 0.497 e. The van der Waals surface area contributed by atoms with Crippen molar-refractivity contribution in [2.24, 2.45) is 5.92 Å². The number of halogens is 2. The first-order valence-electron chi connectivity index (χ1n) is 17.8. The molecule has 264 valence electrons. The average Bonchev–Trinajstić information content (AvgIpc) is 3.69. The molecule has 2 N–H and O–H groups in total. The van der Waals surface area contributed by atoms with Gasteiger partial charge in [-0.1, -0.05) is 36.0 Å². The Morgan fingerprint density at radius 1 is 0.667 bits per heavy atom. The van der Waals surface area contributed by atoms with Gasteiger partial charge >= 0.3 is 0 Å². The summed E-state index contributed by atoms with van der Waals surface area (Å²) in [6.45, 7) is 2.90. The number of anilines is 2. The van der Waals surface area contributed by atoms with E-state index in [1.165, 1.54) is 0 Å². The topological polar surface area (TPSA) is 88.6 Å². The van der Waals surface area contributed by atoms with Crippen molar-refractivity contribution in [3.63, 3.8) is 0 Å². The van der Waals surface area contributed by atoms with Crippen LogP contribution in [0.2, 0.25) is 10.0 Å². The molecule has 2 heterocycles. The lowest BCUT2D eigenvalue weighted by molar-refractivity contribution is -0.135. The molecule has 1 aliphatic carbocycles. The van der Waals surface area contributed by atoms with Crippen molar-refractivity contribution in [2.75, 3.05) is 51.0 Å². The number of carbonyl (C=O) groups excluding carboxylic acids is 1. The van der Waals surface area contributed by atoms with Gasteiger partial charge in [-0.2, -0.15) is 0 Å². The molecule has 0 spiro atoms. The summed E-state index contributed by atoms with van der Waals surface area (Å²) in [5.41, 5.74) is 5.46. The lowest BCUT2D eigenvalue weighted by Gasteiger charge is -2.26. The molecule has 7 rings (SSSR count). The summed E-state index contributed by atoms with van der Waals surface area (Å²) in [5, 5.41) is 12.7. The number of nitrogens with zero attached hydrogens (tertiary/aromatic N) is 3. The minimum absolute atomic E-state index is 0.137. The van der Waals surface area contributed by atoms with Crippen LogP contribution >= 0.6 is 23.2 Å². The van der Waals surface area contributed by atoms with Crippen molar-refractivity contribution in [3.05, 3.63) is 82.8 Å². The minimum Gasteiger partial charge on any atom is -0.497 e. The predicted molar refractivity (Wildman–Crippen MR) is 211 cm³/mol. The number of rotatable bonds is 14. The summed E-state index contributed by atoms with van der Waals surface area (Å²) in [6, 6.07) is 23.5. The van der Waals surface area contributed by atoms with E-state index in [4.69, 9.17) is 42.6 Å². The number of hydrogen-bond acceptors (Lipinski definition) is 7. The fraction of sp³-hybridized carbons (Fsp3) is 0.341. The Hall–Kier alpha value is -4.53. The predicted octanol–water partition coefficient (Wildman–Crippen LogP) is 10.1. The standard InChI is InChI=1S/C41H43Cl2N5O3/c1-50-29-12-16-35-33(24-29)39(31-14-10-27(42)22-37(31)46-35)44-18-5-6-20-48(41(49)26-8-3-4-9-26)21-7-19-45-40-32-15-11-28(43)23-38(32)47-36-17-13-30(51-2)25-34(36)40/h10-17,22-26H,3-9,18-21H2,1-2H3,(H,44,46)(H,45,47). The van der Waals surface area contributed by atoms with Crippen LogP contribution in [-0.4, -0.2) is 61.2 Å². The summed E-state index contributed by atoms with van der Waals surface area (Å²) >= 11 is 12.7. The number of ether oxygens (including phenoxy) is 2. The van der Waals surface area contributed by atoms with Crippen molar-refractivity contribution in [2.45, 2.75) is 44.9 Å². The highest BCUT2D eigenvalue weighted by Gasteiger charge is 2.27. The van der Waals surface area contributed by atoms with Crippen molar-refractivity contribution < 1.29 is 14.3 Å². The molecular formula is C41H43Cl2N5O3. The van der Waals surface area contributed by atoms with E-state index in [0.29, 0.717) is 29.0 Å². The second-order valence-corrected chi connectivity index (χ2v) is 14.2. The molecule has 1 fully saturated rings. The second kappa shape index (κ2) is 15.8. The lowest BCUT2D eigenvalue weighted by Crippen LogP contribution is -2.37. The molecular weight excluding hydrogens is 681 g/mol. The highest BCUT2D eigenvalue weighted by molar-refractivity contribution is 6.32. The molecule has 1 saturated carbocycles. The Bertz CT molecular complexity index is 2200. The first-order chi connectivity index (χ1) is 24.9. The Morgan fingerprint density at radius 3 is 1.71 bits per heavy atom. The number of pyridine rings is 2. The van der Waals surface area contributed by atoms with E-state index < -0.39 is 0 Å². The number of methoxy groups -OCH3 is 2. The Kier molecular flexibility index (Phi) is 10.8. The molecule has 1 aliphatic rings. The van der Waals surface area contributed by atoms with Gasteiger partial charge in [-0.25, -0.2) is 9.97 Å².